The molecule has 0 radical (unpaired) electrons. The van der Waals surface area contributed by atoms with E-state index in [1.165, 1.54) is 0 Å². The first-order chi connectivity index (χ1) is 3.98. The summed E-state index contributed by atoms with van der Waals surface area (Å²) >= 11 is 0. The summed E-state index contributed by atoms with van der Waals surface area (Å²) in [6.07, 6.45) is 2.63. The van der Waals surface area contributed by atoms with Gasteiger partial charge in [-0.2, -0.15) is 0 Å². The van der Waals surface area contributed by atoms with Crippen LogP contribution in [-0.2, 0) is 0 Å². The third-order valence-electron chi connectivity index (χ3n) is 1.30. The van der Waals surface area contributed by atoms with Gasteiger partial charge in [-0.1, -0.05) is 18.2 Å². The first kappa shape index (κ1) is 8.44. The largest absolute Gasteiger partial charge is 0.322 e. The van der Waals surface area contributed by atoms with E-state index in [0.717, 1.165) is 12.0 Å². The Morgan fingerprint density at radius 1 is 1.67 bits per heavy atom. The van der Waals surface area contributed by atoms with Crippen LogP contribution in [0, 0.1) is 0 Å². The fourth-order valence-corrected chi connectivity index (χ4v) is 0.437. The van der Waals surface area contributed by atoms with Crippen molar-refractivity contribution in [2.24, 2.45) is 5.73 Å². The van der Waals surface area contributed by atoms with Crippen molar-refractivity contribution in [1.29, 1.82) is 0 Å². The Balaban J connectivity index is 3.88. The maximum Gasteiger partial charge on any atom is 0.0311 e. The van der Waals surface area contributed by atoms with Crippen molar-refractivity contribution in [2.45, 2.75) is 25.8 Å². The average Bonchev–Trinajstić information content (AvgIpc) is 1.64. The van der Waals surface area contributed by atoms with Crippen molar-refractivity contribution >= 4 is 0 Å². The standard InChI is InChI=1S/C8H15N/c1-5-6-7(2)8(3,4)9/h5H,1-2,6,9H2,3-4H3. The molecule has 0 aliphatic carbocycles. The molecular weight excluding hydrogens is 110 g/mol. The molecule has 1 heteroatoms. The summed E-state index contributed by atoms with van der Waals surface area (Å²) in [6, 6.07) is 0. The predicted molar refractivity (Wildman–Crippen MR) is 42.2 cm³/mol. The van der Waals surface area contributed by atoms with Gasteiger partial charge in [-0.25, -0.2) is 0 Å². The van der Waals surface area contributed by atoms with E-state index < -0.39 is 0 Å². The van der Waals surface area contributed by atoms with Gasteiger partial charge in [-0.05, 0) is 20.3 Å². The summed E-state index contributed by atoms with van der Waals surface area (Å²) in [5, 5.41) is 0. The van der Waals surface area contributed by atoms with Gasteiger partial charge in [0.15, 0.2) is 0 Å². The Labute approximate surface area is 57.3 Å². The predicted octanol–water partition coefficient (Wildman–Crippen LogP) is 1.86. The molecule has 2 N–H and O–H groups in total. The number of hydrogen-bond acceptors (Lipinski definition) is 1. The van der Waals surface area contributed by atoms with Crippen LogP contribution in [0.3, 0.4) is 0 Å². The minimum absolute atomic E-state index is 0.256. The van der Waals surface area contributed by atoms with Gasteiger partial charge >= 0.3 is 0 Å². The summed E-state index contributed by atoms with van der Waals surface area (Å²) in [4.78, 5) is 0. The normalized spacial score (nSPS) is 11.0. The summed E-state index contributed by atoms with van der Waals surface area (Å²) < 4.78 is 0. The number of allylic oxidation sites excluding steroid dienone is 1. The molecule has 1 nitrogen and oxygen atoms in total. The molecule has 0 rings (SSSR count). The third kappa shape index (κ3) is 3.09. The fourth-order valence-electron chi connectivity index (χ4n) is 0.437. The van der Waals surface area contributed by atoms with Crippen LogP contribution >= 0.6 is 0 Å². The summed E-state index contributed by atoms with van der Waals surface area (Å²) in [5.74, 6) is 0. The van der Waals surface area contributed by atoms with Crippen molar-refractivity contribution in [1.82, 2.24) is 0 Å². The molecule has 0 aliphatic heterocycles. The molecule has 0 heterocycles. The molecule has 0 aromatic carbocycles. The molecule has 0 amide bonds. The average molecular weight is 125 g/mol. The monoisotopic (exact) mass is 125 g/mol. The highest BCUT2D eigenvalue weighted by Crippen LogP contribution is 2.13. The molecule has 52 valence electrons. The lowest BCUT2D eigenvalue weighted by Gasteiger charge is -2.20. The molecule has 0 fully saturated rings. The molecular formula is C8H15N. The Kier molecular flexibility index (Phi) is 2.65. The zero-order valence-electron chi connectivity index (χ0n) is 6.28. The second kappa shape index (κ2) is 2.83. The van der Waals surface area contributed by atoms with Crippen molar-refractivity contribution in [3.63, 3.8) is 0 Å². The van der Waals surface area contributed by atoms with Crippen molar-refractivity contribution in [3.8, 4) is 0 Å². The van der Waals surface area contributed by atoms with Crippen LogP contribution in [0.4, 0.5) is 0 Å². The van der Waals surface area contributed by atoms with E-state index in [1.54, 1.807) is 0 Å². The Hall–Kier alpha value is -0.560. The summed E-state index contributed by atoms with van der Waals surface area (Å²) in [5.41, 5.74) is 6.49. The molecule has 0 aromatic rings. The van der Waals surface area contributed by atoms with Crippen LogP contribution in [0.25, 0.3) is 0 Å². The molecule has 0 saturated carbocycles. The number of rotatable bonds is 3. The highest BCUT2D eigenvalue weighted by Gasteiger charge is 2.12. The van der Waals surface area contributed by atoms with Crippen molar-refractivity contribution < 1.29 is 0 Å². The molecule has 0 unspecified atom stereocenters. The second-order valence-corrected chi connectivity index (χ2v) is 2.82. The minimum atomic E-state index is -0.256. The van der Waals surface area contributed by atoms with Crippen LogP contribution < -0.4 is 5.73 Å². The third-order valence-corrected chi connectivity index (χ3v) is 1.30. The zero-order chi connectivity index (χ0) is 7.49. The van der Waals surface area contributed by atoms with E-state index >= 15 is 0 Å². The molecule has 9 heavy (non-hydrogen) atoms. The first-order valence-electron chi connectivity index (χ1n) is 3.06. The van der Waals surface area contributed by atoms with Gasteiger partial charge in [0.25, 0.3) is 0 Å². The molecule has 0 spiro atoms. The lowest BCUT2D eigenvalue weighted by atomic mass is 9.94. The highest BCUT2D eigenvalue weighted by atomic mass is 14.7. The van der Waals surface area contributed by atoms with Gasteiger partial charge in [0, 0.05) is 5.54 Å². The quantitative estimate of drug-likeness (QED) is 0.572. The lowest BCUT2D eigenvalue weighted by Crippen LogP contribution is -2.33. The first-order valence-corrected chi connectivity index (χ1v) is 3.06. The maximum absolute atomic E-state index is 5.72. The van der Waals surface area contributed by atoms with E-state index in [-0.39, 0.29) is 5.54 Å². The molecule has 0 atom stereocenters. The maximum atomic E-state index is 5.72. The molecule has 0 bridgehead atoms. The number of hydrogen-bond donors (Lipinski definition) is 1. The van der Waals surface area contributed by atoms with Crippen LogP contribution in [0.5, 0.6) is 0 Å². The summed E-state index contributed by atoms with van der Waals surface area (Å²) in [6.45, 7) is 11.3. The second-order valence-electron chi connectivity index (χ2n) is 2.82. The van der Waals surface area contributed by atoms with Gasteiger partial charge in [-0.3, -0.25) is 0 Å². The Morgan fingerprint density at radius 2 is 2.11 bits per heavy atom. The van der Waals surface area contributed by atoms with Gasteiger partial charge in [-0.15, -0.1) is 6.58 Å². The van der Waals surface area contributed by atoms with Crippen LogP contribution in [0.2, 0.25) is 0 Å². The highest BCUT2D eigenvalue weighted by molar-refractivity contribution is 5.14. The van der Waals surface area contributed by atoms with E-state index in [4.69, 9.17) is 5.73 Å². The molecule has 0 aliphatic rings. The smallest absolute Gasteiger partial charge is 0.0311 e. The van der Waals surface area contributed by atoms with E-state index in [9.17, 15) is 0 Å². The van der Waals surface area contributed by atoms with Gasteiger partial charge in [0.1, 0.15) is 0 Å². The van der Waals surface area contributed by atoms with Gasteiger partial charge < -0.3 is 5.73 Å². The lowest BCUT2D eigenvalue weighted by molar-refractivity contribution is 0.601. The topological polar surface area (TPSA) is 26.0 Å². The van der Waals surface area contributed by atoms with Crippen LogP contribution in [0.1, 0.15) is 20.3 Å². The van der Waals surface area contributed by atoms with Crippen LogP contribution in [-0.4, -0.2) is 5.54 Å². The van der Waals surface area contributed by atoms with E-state index in [1.807, 2.05) is 19.9 Å². The van der Waals surface area contributed by atoms with Crippen LogP contribution in [0.15, 0.2) is 24.8 Å². The minimum Gasteiger partial charge on any atom is -0.322 e. The molecule has 0 aromatic heterocycles. The van der Waals surface area contributed by atoms with Gasteiger partial charge in [0.05, 0.1) is 0 Å². The summed E-state index contributed by atoms with van der Waals surface area (Å²) in [7, 11) is 0. The van der Waals surface area contributed by atoms with Crippen molar-refractivity contribution in [2.75, 3.05) is 0 Å². The Bertz CT molecular complexity index is 117. The van der Waals surface area contributed by atoms with E-state index in [2.05, 4.69) is 13.2 Å². The van der Waals surface area contributed by atoms with Gasteiger partial charge in [0.2, 0.25) is 0 Å². The zero-order valence-corrected chi connectivity index (χ0v) is 6.28. The number of nitrogens with two attached hydrogens (primary N) is 1. The Morgan fingerprint density at radius 3 is 2.22 bits per heavy atom. The SMILES string of the molecule is C=CCC(=C)C(C)(C)N. The fraction of sp³-hybridized carbons (Fsp3) is 0.500. The van der Waals surface area contributed by atoms with E-state index in [0.29, 0.717) is 0 Å². The molecule has 0 saturated heterocycles. The van der Waals surface area contributed by atoms with Crippen molar-refractivity contribution in [3.05, 3.63) is 24.8 Å².